The van der Waals surface area contributed by atoms with Crippen molar-refractivity contribution in [3.05, 3.63) is 53.7 Å². The number of likely N-dealkylation sites (tertiary alicyclic amines) is 1. The lowest BCUT2D eigenvalue weighted by Crippen LogP contribution is -2.38. The van der Waals surface area contributed by atoms with E-state index in [9.17, 15) is 4.79 Å². The van der Waals surface area contributed by atoms with E-state index in [1.165, 1.54) is 5.56 Å². The molecular weight excluding hydrogens is 312 g/mol. The zero-order valence-electron chi connectivity index (χ0n) is 15.1. The molecule has 3 rings (SSSR count). The van der Waals surface area contributed by atoms with Crippen LogP contribution in [0.15, 0.2) is 42.5 Å². The molecule has 1 aromatic carbocycles. The summed E-state index contributed by atoms with van der Waals surface area (Å²) in [6, 6.07) is 14.0. The van der Waals surface area contributed by atoms with Gasteiger partial charge in [0.15, 0.2) is 11.5 Å². The fourth-order valence-electron chi connectivity index (χ4n) is 3.14. The molecule has 2 aromatic rings. The minimum absolute atomic E-state index is 0.00272. The van der Waals surface area contributed by atoms with Crippen molar-refractivity contribution in [2.75, 3.05) is 24.5 Å². The van der Waals surface area contributed by atoms with Gasteiger partial charge in [0.2, 0.25) is 0 Å². The number of nitrogens with zero attached hydrogens (tertiary/aromatic N) is 4. The maximum Gasteiger partial charge on any atom is 0.274 e. The Balaban J connectivity index is 1.67. The third-order valence-corrected chi connectivity index (χ3v) is 4.86. The highest BCUT2D eigenvalue weighted by Gasteiger charge is 2.22. The summed E-state index contributed by atoms with van der Waals surface area (Å²) in [5, 5.41) is 8.51. The minimum Gasteiger partial charge on any atom is -0.351 e. The molecule has 1 amide bonds. The van der Waals surface area contributed by atoms with E-state index in [-0.39, 0.29) is 5.91 Å². The summed E-state index contributed by atoms with van der Waals surface area (Å²) < 4.78 is 0. The highest BCUT2D eigenvalue weighted by molar-refractivity contribution is 5.92. The first-order valence-electron chi connectivity index (χ1n) is 9.09. The molecule has 1 saturated heterocycles. The van der Waals surface area contributed by atoms with Crippen LogP contribution in [-0.4, -0.2) is 40.6 Å². The van der Waals surface area contributed by atoms with Crippen molar-refractivity contribution in [2.45, 2.75) is 33.2 Å². The van der Waals surface area contributed by atoms with Gasteiger partial charge < -0.3 is 9.80 Å². The molecule has 132 valence electrons. The smallest absolute Gasteiger partial charge is 0.274 e. The molecule has 0 atom stereocenters. The van der Waals surface area contributed by atoms with Crippen LogP contribution in [-0.2, 0) is 6.54 Å². The van der Waals surface area contributed by atoms with Gasteiger partial charge in [-0.1, -0.05) is 37.3 Å². The topological polar surface area (TPSA) is 49.3 Å². The number of hydrogen-bond donors (Lipinski definition) is 0. The van der Waals surface area contributed by atoms with Gasteiger partial charge in [0, 0.05) is 26.2 Å². The van der Waals surface area contributed by atoms with E-state index in [0.717, 1.165) is 44.8 Å². The van der Waals surface area contributed by atoms with Gasteiger partial charge in [-0.3, -0.25) is 4.79 Å². The van der Waals surface area contributed by atoms with Crippen LogP contribution in [0.3, 0.4) is 0 Å². The highest BCUT2D eigenvalue weighted by atomic mass is 16.2. The first-order valence-corrected chi connectivity index (χ1v) is 9.09. The van der Waals surface area contributed by atoms with Gasteiger partial charge in [-0.05, 0) is 43.4 Å². The predicted octanol–water partition coefficient (Wildman–Crippen LogP) is 3.38. The average molecular weight is 338 g/mol. The van der Waals surface area contributed by atoms with Gasteiger partial charge >= 0.3 is 0 Å². The van der Waals surface area contributed by atoms with E-state index in [0.29, 0.717) is 11.6 Å². The predicted molar refractivity (Wildman–Crippen MR) is 99.5 cm³/mol. The molecule has 0 unspecified atom stereocenters. The monoisotopic (exact) mass is 338 g/mol. The number of anilines is 1. The standard InChI is InChI=1S/C20H26N4O/c1-3-23(15-17-7-5-4-6-8-17)19-10-9-18(21-22-19)20(25)24-13-11-16(2)12-14-24/h4-10,16H,3,11-15H2,1-2H3. The van der Waals surface area contributed by atoms with E-state index in [4.69, 9.17) is 0 Å². The van der Waals surface area contributed by atoms with Gasteiger partial charge in [0.25, 0.3) is 5.91 Å². The maximum atomic E-state index is 12.6. The van der Waals surface area contributed by atoms with Crippen LogP contribution in [0.4, 0.5) is 5.82 Å². The number of benzene rings is 1. The van der Waals surface area contributed by atoms with Crippen LogP contribution in [0.25, 0.3) is 0 Å². The van der Waals surface area contributed by atoms with E-state index in [2.05, 4.69) is 41.1 Å². The van der Waals surface area contributed by atoms with Crippen molar-refractivity contribution < 1.29 is 4.79 Å². The molecule has 0 aliphatic carbocycles. The first kappa shape index (κ1) is 17.4. The van der Waals surface area contributed by atoms with Gasteiger partial charge in [0.1, 0.15) is 0 Å². The molecule has 1 aliphatic heterocycles. The lowest BCUT2D eigenvalue weighted by atomic mass is 9.99. The lowest BCUT2D eigenvalue weighted by Gasteiger charge is -2.30. The molecular formula is C20H26N4O. The summed E-state index contributed by atoms with van der Waals surface area (Å²) in [6.07, 6.45) is 2.13. The van der Waals surface area contributed by atoms with Crippen molar-refractivity contribution in [3.8, 4) is 0 Å². The minimum atomic E-state index is -0.00272. The fraction of sp³-hybridized carbons (Fsp3) is 0.450. The molecule has 0 saturated carbocycles. The van der Waals surface area contributed by atoms with Crippen LogP contribution >= 0.6 is 0 Å². The Hall–Kier alpha value is -2.43. The van der Waals surface area contributed by atoms with Crippen LogP contribution in [0.5, 0.6) is 0 Å². The number of aromatic nitrogens is 2. The Bertz CT molecular complexity index is 679. The number of carbonyl (C=O) groups excluding carboxylic acids is 1. The summed E-state index contributed by atoms with van der Waals surface area (Å²) in [6.45, 7) is 7.59. The number of carbonyl (C=O) groups is 1. The molecule has 1 fully saturated rings. The van der Waals surface area contributed by atoms with Crippen LogP contribution in [0, 0.1) is 5.92 Å². The Morgan fingerprint density at radius 2 is 1.84 bits per heavy atom. The molecule has 25 heavy (non-hydrogen) atoms. The van der Waals surface area contributed by atoms with Crippen molar-refractivity contribution in [3.63, 3.8) is 0 Å². The molecule has 0 bridgehead atoms. The Labute approximate surface area is 149 Å². The summed E-state index contributed by atoms with van der Waals surface area (Å²) >= 11 is 0. The third-order valence-electron chi connectivity index (χ3n) is 4.86. The van der Waals surface area contributed by atoms with E-state index >= 15 is 0 Å². The average Bonchev–Trinajstić information content (AvgIpc) is 2.67. The molecule has 5 nitrogen and oxygen atoms in total. The second-order valence-electron chi connectivity index (χ2n) is 6.75. The number of hydrogen-bond acceptors (Lipinski definition) is 4. The van der Waals surface area contributed by atoms with Gasteiger partial charge in [0.05, 0.1) is 0 Å². The Morgan fingerprint density at radius 1 is 1.12 bits per heavy atom. The van der Waals surface area contributed by atoms with E-state index in [1.54, 1.807) is 6.07 Å². The van der Waals surface area contributed by atoms with E-state index in [1.807, 2.05) is 29.2 Å². The molecule has 0 radical (unpaired) electrons. The number of amides is 1. The fourth-order valence-corrected chi connectivity index (χ4v) is 3.14. The molecule has 1 aliphatic rings. The Morgan fingerprint density at radius 3 is 2.44 bits per heavy atom. The SMILES string of the molecule is CCN(Cc1ccccc1)c1ccc(C(=O)N2CCC(C)CC2)nn1. The normalized spacial score (nSPS) is 15.2. The molecule has 5 heteroatoms. The summed E-state index contributed by atoms with van der Waals surface area (Å²) in [5.74, 6) is 1.50. The summed E-state index contributed by atoms with van der Waals surface area (Å²) in [4.78, 5) is 16.6. The van der Waals surface area contributed by atoms with Crippen LogP contribution in [0.2, 0.25) is 0 Å². The van der Waals surface area contributed by atoms with E-state index < -0.39 is 0 Å². The maximum absolute atomic E-state index is 12.6. The van der Waals surface area contributed by atoms with Crippen LogP contribution in [0.1, 0.15) is 42.7 Å². The molecule has 1 aromatic heterocycles. The van der Waals surface area contributed by atoms with Crippen molar-refractivity contribution in [1.29, 1.82) is 0 Å². The van der Waals surface area contributed by atoms with Gasteiger partial charge in [-0.15, -0.1) is 10.2 Å². The number of piperidine rings is 1. The largest absolute Gasteiger partial charge is 0.351 e. The second-order valence-corrected chi connectivity index (χ2v) is 6.75. The molecule has 0 N–H and O–H groups in total. The number of rotatable bonds is 5. The summed E-state index contributed by atoms with van der Waals surface area (Å²) in [7, 11) is 0. The summed E-state index contributed by atoms with van der Waals surface area (Å²) in [5.41, 5.74) is 1.67. The zero-order valence-corrected chi connectivity index (χ0v) is 15.1. The molecule has 0 spiro atoms. The zero-order chi connectivity index (χ0) is 17.6. The van der Waals surface area contributed by atoms with Crippen LogP contribution < -0.4 is 4.90 Å². The van der Waals surface area contributed by atoms with Crippen molar-refractivity contribution >= 4 is 11.7 Å². The third kappa shape index (κ3) is 4.35. The highest BCUT2D eigenvalue weighted by Crippen LogP contribution is 2.18. The lowest BCUT2D eigenvalue weighted by molar-refractivity contribution is 0.0690. The van der Waals surface area contributed by atoms with Gasteiger partial charge in [-0.25, -0.2) is 0 Å². The quantitative estimate of drug-likeness (QED) is 0.839. The van der Waals surface area contributed by atoms with Crippen molar-refractivity contribution in [1.82, 2.24) is 15.1 Å². The van der Waals surface area contributed by atoms with Crippen molar-refractivity contribution in [2.24, 2.45) is 5.92 Å². The Kier molecular flexibility index (Phi) is 5.64. The second kappa shape index (κ2) is 8.10. The van der Waals surface area contributed by atoms with Gasteiger partial charge in [-0.2, -0.15) is 0 Å². The first-order chi connectivity index (χ1) is 12.2. The molecule has 2 heterocycles.